The molecule has 0 unspecified atom stereocenters. The summed E-state index contributed by atoms with van der Waals surface area (Å²) in [6, 6.07) is 14.6. The van der Waals surface area contributed by atoms with E-state index in [-0.39, 0.29) is 10.6 Å². The average Bonchev–Trinajstić information content (AvgIpc) is 2.53. The van der Waals surface area contributed by atoms with Gasteiger partial charge in [-0.05, 0) is 31.2 Å². The van der Waals surface area contributed by atoms with E-state index in [1.165, 1.54) is 12.1 Å². The van der Waals surface area contributed by atoms with Crippen molar-refractivity contribution in [2.24, 2.45) is 5.16 Å². The largest absolute Gasteiger partial charge is 0.411 e. The minimum absolute atomic E-state index is 0.0325. The van der Waals surface area contributed by atoms with Crippen molar-refractivity contribution in [3.05, 3.63) is 65.2 Å². The summed E-state index contributed by atoms with van der Waals surface area (Å²) in [6.45, 7) is 1.87. The first-order valence-corrected chi connectivity index (χ1v) is 8.12. The number of hydrogen-bond acceptors (Lipinski definition) is 5. The number of nitriles is 1. The predicted octanol–water partition coefficient (Wildman–Crippen LogP) is 2.52. The standard InChI is InChI=1S/C16H14N2O3S/c1-12-2-8-15(9-3-12)22(20,21)11-16(18-19)14-6-4-13(10-17)5-7-14/h2-9,19H,11H2,1H3/b18-16+. The minimum Gasteiger partial charge on any atom is -0.411 e. The lowest BCUT2D eigenvalue weighted by atomic mass is 10.1. The predicted molar refractivity (Wildman–Crippen MR) is 82.7 cm³/mol. The Labute approximate surface area is 129 Å². The van der Waals surface area contributed by atoms with Crippen LogP contribution in [0.15, 0.2) is 58.6 Å². The molecule has 0 heterocycles. The lowest BCUT2D eigenvalue weighted by Crippen LogP contribution is -2.17. The van der Waals surface area contributed by atoms with E-state index < -0.39 is 15.6 Å². The molecule has 0 bridgehead atoms. The van der Waals surface area contributed by atoms with Crippen molar-refractivity contribution in [2.75, 3.05) is 5.75 Å². The van der Waals surface area contributed by atoms with Gasteiger partial charge in [0.1, 0.15) is 11.5 Å². The normalized spacial score (nSPS) is 11.9. The second-order valence-electron chi connectivity index (χ2n) is 4.81. The molecule has 0 spiro atoms. The van der Waals surface area contributed by atoms with Crippen LogP contribution in [0.2, 0.25) is 0 Å². The van der Waals surface area contributed by atoms with E-state index in [4.69, 9.17) is 10.5 Å². The second kappa shape index (κ2) is 6.41. The monoisotopic (exact) mass is 314 g/mol. The minimum atomic E-state index is -3.61. The topological polar surface area (TPSA) is 90.5 Å². The summed E-state index contributed by atoms with van der Waals surface area (Å²) in [5.41, 5.74) is 1.90. The fourth-order valence-electron chi connectivity index (χ4n) is 1.92. The Morgan fingerprint density at radius 2 is 1.73 bits per heavy atom. The first-order chi connectivity index (χ1) is 10.5. The van der Waals surface area contributed by atoms with E-state index >= 15 is 0 Å². The highest BCUT2D eigenvalue weighted by atomic mass is 32.2. The molecule has 0 aliphatic carbocycles. The van der Waals surface area contributed by atoms with Crippen LogP contribution in [-0.2, 0) is 9.84 Å². The van der Waals surface area contributed by atoms with Crippen molar-refractivity contribution in [2.45, 2.75) is 11.8 Å². The first kappa shape index (κ1) is 15.7. The highest BCUT2D eigenvalue weighted by molar-refractivity contribution is 7.92. The van der Waals surface area contributed by atoms with Gasteiger partial charge in [-0.2, -0.15) is 5.26 Å². The van der Waals surface area contributed by atoms with Crippen molar-refractivity contribution in [1.29, 1.82) is 5.26 Å². The van der Waals surface area contributed by atoms with Crippen molar-refractivity contribution >= 4 is 15.5 Å². The summed E-state index contributed by atoms with van der Waals surface area (Å²) in [6.07, 6.45) is 0. The van der Waals surface area contributed by atoms with Crippen LogP contribution in [-0.4, -0.2) is 25.1 Å². The highest BCUT2D eigenvalue weighted by Gasteiger charge is 2.19. The molecular formula is C16H14N2O3S. The lowest BCUT2D eigenvalue weighted by Gasteiger charge is -2.07. The zero-order chi connectivity index (χ0) is 16.2. The Bertz CT molecular complexity index is 830. The summed E-state index contributed by atoms with van der Waals surface area (Å²) in [5.74, 6) is -0.418. The van der Waals surface area contributed by atoms with Gasteiger partial charge in [0, 0.05) is 5.56 Å². The molecule has 112 valence electrons. The summed E-state index contributed by atoms with van der Waals surface area (Å²) in [5, 5.41) is 21.0. The lowest BCUT2D eigenvalue weighted by molar-refractivity contribution is 0.319. The zero-order valence-electron chi connectivity index (χ0n) is 11.9. The van der Waals surface area contributed by atoms with E-state index in [1.807, 2.05) is 13.0 Å². The molecule has 6 heteroatoms. The summed E-state index contributed by atoms with van der Waals surface area (Å²) in [4.78, 5) is 0.174. The van der Waals surface area contributed by atoms with Gasteiger partial charge in [0.15, 0.2) is 9.84 Å². The smallest absolute Gasteiger partial charge is 0.184 e. The van der Waals surface area contributed by atoms with Crippen molar-refractivity contribution in [3.8, 4) is 6.07 Å². The number of hydrogen-bond donors (Lipinski definition) is 1. The average molecular weight is 314 g/mol. The van der Waals surface area contributed by atoms with Crippen LogP contribution < -0.4 is 0 Å². The van der Waals surface area contributed by atoms with E-state index in [2.05, 4.69) is 5.16 Å². The third-order valence-corrected chi connectivity index (χ3v) is 4.82. The molecule has 0 aromatic heterocycles. The van der Waals surface area contributed by atoms with Crippen LogP contribution in [0.4, 0.5) is 0 Å². The number of sulfone groups is 1. The maximum absolute atomic E-state index is 12.4. The molecule has 5 nitrogen and oxygen atoms in total. The van der Waals surface area contributed by atoms with Gasteiger partial charge in [-0.3, -0.25) is 0 Å². The SMILES string of the molecule is Cc1ccc(S(=O)(=O)C/C(=N\O)c2ccc(C#N)cc2)cc1. The molecule has 0 amide bonds. The Morgan fingerprint density at radius 3 is 2.23 bits per heavy atom. The van der Waals surface area contributed by atoms with Crippen LogP contribution in [0, 0.1) is 18.3 Å². The molecule has 22 heavy (non-hydrogen) atoms. The Balaban J connectivity index is 2.29. The molecule has 2 rings (SSSR count). The van der Waals surface area contributed by atoms with Gasteiger partial charge in [-0.1, -0.05) is 35.0 Å². The van der Waals surface area contributed by atoms with Crippen molar-refractivity contribution in [1.82, 2.24) is 0 Å². The van der Waals surface area contributed by atoms with Crippen LogP contribution in [0.5, 0.6) is 0 Å². The molecular weight excluding hydrogens is 300 g/mol. The highest BCUT2D eigenvalue weighted by Crippen LogP contribution is 2.15. The Kier molecular flexibility index (Phi) is 4.59. The quantitative estimate of drug-likeness (QED) is 0.533. The van der Waals surface area contributed by atoms with Crippen LogP contribution in [0.25, 0.3) is 0 Å². The molecule has 0 saturated heterocycles. The van der Waals surface area contributed by atoms with Gasteiger partial charge in [0.2, 0.25) is 0 Å². The van der Waals surface area contributed by atoms with Gasteiger partial charge in [-0.15, -0.1) is 0 Å². The maximum Gasteiger partial charge on any atom is 0.184 e. The zero-order valence-corrected chi connectivity index (χ0v) is 12.7. The van der Waals surface area contributed by atoms with Crippen molar-refractivity contribution < 1.29 is 13.6 Å². The van der Waals surface area contributed by atoms with Gasteiger partial charge < -0.3 is 5.21 Å². The van der Waals surface area contributed by atoms with Crippen LogP contribution >= 0.6 is 0 Å². The molecule has 0 aliphatic rings. The number of benzene rings is 2. The first-order valence-electron chi connectivity index (χ1n) is 6.47. The maximum atomic E-state index is 12.4. The second-order valence-corrected chi connectivity index (χ2v) is 6.80. The third-order valence-electron chi connectivity index (χ3n) is 3.17. The molecule has 0 atom stereocenters. The van der Waals surface area contributed by atoms with Gasteiger partial charge in [-0.25, -0.2) is 8.42 Å². The molecule has 0 aliphatic heterocycles. The van der Waals surface area contributed by atoms with E-state index in [1.54, 1.807) is 36.4 Å². The molecule has 2 aromatic carbocycles. The van der Waals surface area contributed by atoms with E-state index in [0.29, 0.717) is 11.1 Å². The third kappa shape index (κ3) is 3.51. The number of rotatable bonds is 4. The van der Waals surface area contributed by atoms with E-state index in [0.717, 1.165) is 5.56 Å². The number of aryl methyl sites for hydroxylation is 1. The van der Waals surface area contributed by atoms with Gasteiger partial charge in [0.05, 0.1) is 16.5 Å². The fourth-order valence-corrected chi connectivity index (χ4v) is 3.22. The molecule has 0 fully saturated rings. The molecule has 0 radical (unpaired) electrons. The number of nitrogens with zero attached hydrogens (tertiary/aromatic N) is 2. The molecule has 1 N–H and O–H groups in total. The van der Waals surface area contributed by atoms with E-state index in [9.17, 15) is 8.42 Å². The Hall–Kier alpha value is -2.65. The van der Waals surface area contributed by atoms with Crippen LogP contribution in [0.3, 0.4) is 0 Å². The Morgan fingerprint density at radius 1 is 1.14 bits per heavy atom. The van der Waals surface area contributed by atoms with Crippen molar-refractivity contribution in [3.63, 3.8) is 0 Å². The summed E-state index contributed by atoms with van der Waals surface area (Å²) >= 11 is 0. The summed E-state index contributed by atoms with van der Waals surface area (Å²) in [7, 11) is -3.61. The van der Waals surface area contributed by atoms with Gasteiger partial charge in [0.25, 0.3) is 0 Å². The number of oxime groups is 1. The summed E-state index contributed by atoms with van der Waals surface area (Å²) < 4.78 is 24.7. The fraction of sp³-hybridized carbons (Fsp3) is 0.125. The van der Waals surface area contributed by atoms with Gasteiger partial charge >= 0.3 is 0 Å². The molecule has 0 saturated carbocycles. The molecule has 2 aromatic rings. The van der Waals surface area contributed by atoms with Crippen LogP contribution in [0.1, 0.15) is 16.7 Å².